The second-order valence-electron chi connectivity index (χ2n) is 7.28. The van der Waals surface area contributed by atoms with Crippen LogP contribution in [0.5, 0.6) is 0 Å². The van der Waals surface area contributed by atoms with Crippen LogP contribution in [0.3, 0.4) is 0 Å². The van der Waals surface area contributed by atoms with Crippen LogP contribution < -0.4 is 15.4 Å². The van der Waals surface area contributed by atoms with Crippen molar-refractivity contribution in [2.24, 2.45) is 10.9 Å². The van der Waals surface area contributed by atoms with E-state index in [-0.39, 0.29) is 23.4 Å². The molecule has 1 aliphatic heterocycles. The average molecular weight is 390 g/mol. The Kier molecular flexibility index (Phi) is 7.18. The first kappa shape index (κ1) is 19.6. The van der Waals surface area contributed by atoms with E-state index in [0.717, 1.165) is 56.5 Å². The number of quaternary nitrogens is 2. The summed E-state index contributed by atoms with van der Waals surface area (Å²) in [5.41, 5.74) is 0.175. The van der Waals surface area contributed by atoms with Crippen molar-refractivity contribution in [2.75, 3.05) is 7.05 Å². The van der Waals surface area contributed by atoms with Crippen LogP contribution >= 0.6 is 21.6 Å². The van der Waals surface area contributed by atoms with E-state index in [1.54, 1.807) is 21.6 Å². The molecule has 1 saturated heterocycles. The highest BCUT2D eigenvalue weighted by atomic mass is 33.1. The molecule has 0 spiro atoms. The molecule has 4 N–H and O–H groups in total. The van der Waals surface area contributed by atoms with Gasteiger partial charge in [0.2, 0.25) is 5.50 Å². The number of amides is 1. The summed E-state index contributed by atoms with van der Waals surface area (Å²) >= 11 is 0. The first-order valence-electron chi connectivity index (χ1n) is 9.33. The zero-order valence-electron chi connectivity index (χ0n) is 14.7. The molecule has 7 nitrogen and oxygen atoms in total. The Morgan fingerprint density at radius 3 is 2.52 bits per heavy atom. The van der Waals surface area contributed by atoms with E-state index < -0.39 is 5.23 Å². The fraction of sp³-hybridized carbons (Fsp3) is 0.875. The number of hydrogen-bond acceptors (Lipinski definition) is 6. The summed E-state index contributed by atoms with van der Waals surface area (Å²) in [6.45, 7) is 0. The minimum absolute atomic E-state index is 0.0521. The van der Waals surface area contributed by atoms with E-state index in [2.05, 4.69) is 10.3 Å². The van der Waals surface area contributed by atoms with Crippen LogP contribution in [0.25, 0.3) is 0 Å². The highest BCUT2D eigenvalue weighted by Gasteiger charge is 2.44. The molecule has 3 unspecified atom stereocenters. The van der Waals surface area contributed by atoms with Crippen LogP contribution in [-0.4, -0.2) is 40.9 Å². The summed E-state index contributed by atoms with van der Waals surface area (Å²) in [6, 6.07) is 0.129. The lowest BCUT2D eigenvalue weighted by molar-refractivity contribution is -1.07. The molecule has 0 aromatic rings. The van der Waals surface area contributed by atoms with Gasteiger partial charge in [-0.15, -0.1) is 0 Å². The average Bonchev–Trinajstić information content (AvgIpc) is 3.05. The largest absolute Gasteiger partial charge is 0.600 e. The lowest BCUT2D eigenvalue weighted by Crippen LogP contribution is -3.21. The fourth-order valence-electron chi connectivity index (χ4n) is 4.17. The van der Waals surface area contributed by atoms with E-state index in [4.69, 9.17) is 0 Å². The predicted octanol–water partition coefficient (Wildman–Crippen LogP) is 0.315. The molecule has 0 aromatic heterocycles. The maximum absolute atomic E-state index is 12.6. The summed E-state index contributed by atoms with van der Waals surface area (Å²) < 4.78 is 0. The molecular formula is C16H29N4O3S2+. The molecule has 9 heteroatoms. The number of amidine groups is 1. The van der Waals surface area contributed by atoms with Gasteiger partial charge in [0.25, 0.3) is 11.1 Å². The molecule has 3 aliphatic rings. The standard InChI is InChI=1S/C16H28N4O3S2/c1-17-15-19(12-7-9-13(10-8-12)20(22)23)16(25-24-15)18-14(21)11-5-3-2-4-6-11/h11-13,15,17,20,22H,2-10H2,1H3/p+1. The van der Waals surface area contributed by atoms with Crippen molar-refractivity contribution in [3.05, 3.63) is 5.21 Å². The van der Waals surface area contributed by atoms with Crippen molar-refractivity contribution in [1.82, 2.24) is 5.32 Å². The van der Waals surface area contributed by atoms with Gasteiger partial charge in [-0.05, 0) is 30.7 Å². The molecule has 142 valence electrons. The van der Waals surface area contributed by atoms with Gasteiger partial charge in [-0.1, -0.05) is 19.3 Å². The summed E-state index contributed by atoms with van der Waals surface area (Å²) in [5, 5.41) is 23.9. The maximum atomic E-state index is 12.6. The van der Waals surface area contributed by atoms with Crippen molar-refractivity contribution >= 4 is 32.7 Å². The van der Waals surface area contributed by atoms with Gasteiger partial charge in [-0.3, -0.25) is 15.0 Å². The smallest absolute Gasteiger partial charge is 0.278 e. The SMILES string of the molecule is CNC1SSC(=NC(=O)C2CCCCC2)[NH+]1C1CCC([NH+]([O-])O)CC1. The number of nitrogens with one attached hydrogen (secondary N) is 3. The molecule has 1 amide bonds. The van der Waals surface area contributed by atoms with Gasteiger partial charge in [0, 0.05) is 42.4 Å². The Morgan fingerprint density at radius 1 is 1.24 bits per heavy atom. The summed E-state index contributed by atoms with van der Waals surface area (Å²) in [7, 11) is 5.26. The molecule has 2 aliphatic carbocycles. The molecule has 0 radical (unpaired) electrons. The molecule has 3 rings (SSSR count). The third-order valence-corrected chi connectivity index (χ3v) is 8.30. The van der Waals surface area contributed by atoms with Crippen LogP contribution in [0.15, 0.2) is 4.99 Å². The highest BCUT2D eigenvalue weighted by Crippen LogP contribution is 2.31. The molecule has 3 atom stereocenters. The van der Waals surface area contributed by atoms with Gasteiger partial charge in [-0.2, -0.15) is 4.99 Å². The molecule has 25 heavy (non-hydrogen) atoms. The first-order chi connectivity index (χ1) is 12.1. The third-order valence-electron chi connectivity index (χ3n) is 5.70. The van der Waals surface area contributed by atoms with E-state index >= 15 is 0 Å². The number of carbonyl (C=O) groups is 1. The first-order valence-corrected chi connectivity index (χ1v) is 11.5. The summed E-state index contributed by atoms with van der Waals surface area (Å²) in [6.07, 6.45) is 8.65. The molecule has 1 heterocycles. The lowest BCUT2D eigenvalue weighted by atomic mass is 9.89. The van der Waals surface area contributed by atoms with Gasteiger partial charge < -0.3 is 5.21 Å². The minimum Gasteiger partial charge on any atom is -0.600 e. The van der Waals surface area contributed by atoms with Crippen LogP contribution in [0.4, 0.5) is 0 Å². The quantitative estimate of drug-likeness (QED) is 0.409. The number of hydrogen-bond donors (Lipinski definition) is 4. The molecule has 0 aromatic carbocycles. The van der Waals surface area contributed by atoms with Crippen molar-refractivity contribution in [2.45, 2.75) is 75.4 Å². The van der Waals surface area contributed by atoms with Gasteiger partial charge in [0.1, 0.15) is 6.04 Å². The normalized spacial score (nSPS) is 37.3. The third kappa shape index (κ3) is 4.77. The van der Waals surface area contributed by atoms with Crippen molar-refractivity contribution in [3.8, 4) is 0 Å². The summed E-state index contributed by atoms with van der Waals surface area (Å²) in [5.74, 6) is 0.153. The zero-order valence-corrected chi connectivity index (χ0v) is 16.3. The second kappa shape index (κ2) is 9.16. The fourth-order valence-corrected chi connectivity index (χ4v) is 7.01. The molecule has 2 saturated carbocycles. The zero-order chi connectivity index (χ0) is 17.8. The van der Waals surface area contributed by atoms with E-state index in [9.17, 15) is 15.2 Å². The Morgan fingerprint density at radius 2 is 1.92 bits per heavy atom. The number of hydroxylamine groups is 2. The lowest BCUT2D eigenvalue weighted by Gasteiger charge is -2.34. The monoisotopic (exact) mass is 389 g/mol. The van der Waals surface area contributed by atoms with E-state index in [1.165, 1.54) is 11.3 Å². The van der Waals surface area contributed by atoms with Crippen LogP contribution in [-0.2, 0) is 4.79 Å². The number of rotatable bonds is 4. The van der Waals surface area contributed by atoms with Crippen LogP contribution in [0.2, 0.25) is 0 Å². The Labute approximate surface area is 156 Å². The molecular weight excluding hydrogens is 360 g/mol. The number of aliphatic imine (C=N–C) groups is 1. The van der Waals surface area contributed by atoms with E-state index in [0.29, 0.717) is 6.04 Å². The predicted molar refractivity (Wildman–Crippen MR) is 100 cm³/mol. The maximum Gasteiger partial charge on any atom is 0.278 e. The van der Waals surface area contributed by atoms with Crippen LogP contribution in [0.1, 0.15) is 57.8 Å². The second-order valence-corrected chi connectivity index (χ2v) is 9.58. The van der Waals surface area contributed by atoms with Crippen molar-refractivity contribution < 1.29 is 20.1 Å². The Hall–Kier alpha value is -0.160. The molecule has 3 fully saturated rings. The highest BCUT2D eigenvalue weighted by molar-refractivity contribution is 8.82. The van der Waals surface area contributed by atoms with Gasteiger partial charge in [0.05, 0.1) is 6.04 Å². The van der Waals surface area contributed by atoms with Crippen LogP contribution in [0, 0.1) is 11.1 Å². The van der Waals surface area contributed by atoms with Crippen molar-refractivity contribution in [1.29, 1.82) is 0 Å². The number of nitrogens with zero attached hydrogens (tertiary/aromatic N) is 1. The van der Waals surface area contributed by atoms with Gasteiger partial charge >= 0.3 is 0 Å². The number of carbonyl (C=O) groups excluding carboxylic acids is 1. The molecule has 0 bridgehead atoms. The van der Waals surface area contributed by atoms with Crippen molar-refractivity contribution in [3.63, 3.8) is 0 Å². The Bertz CT molecular complexity index is 492. The summed E-state index contributed by atoms with van der Waals surface area (Å²) in [4.78, 5) is 18.4. The minimum atomic E-state index is -0.676. The topological polar surface area (TPSA) is 93.6 Å². The van der Waals surface area contributed by atoms with Gasteiger partial charge in [0.15, 0.2) is 0 Å². The van der Waals surface area contributed by atoms with E-state index in [1.807, 2.05) is 7.05 Å². The van der Waals surface area contributed by atoms with Gasteiger partial charge in [-0.25, -0.2) is 10.4 Å². The Balaban J connectivity index is 1.68.